The lowest BCUT2D eigenvalue weighted by Crippen LogP contribution is -1.87. The quantitative estimate of drug-likeness (QED) is 0.675. The summed E-state index contributed by atoms with van der Waals surface area (Å²) in [4.78, 5) is 4.43. The van der Waals surface area contributed by atoms with Crippen LogP contribution in [0, 0.1) is 6.92 Å². The molecule has 4 nitrogen and oxygen atoms in total. The van der Waals surface area contributed by atoms with Gasteiger partial charge in [0.25, 0.3) is 0 Å². The normalized spacial score (nSPS) is 11.1. The molecular weight excluding hydrogens is 202 g/mol. The number of aryl methyl sites for hydroxylation is 1. The van der Waals surface area contributed by atoms with Gasteiger partial charge < -0.3 is 4.74 Å². The largest absolute Gasteiger partial charge is 0.494 e. The summed E-state index contributed by atoms with van der Waals surface area (Å²) >= 11 is 0. The summed E-state index contributed by atoms with van der Waals surface area (Å²) in [6.07, 6.45) is 1.83. The first kappa shape index (κ1) is 9.15. The van der Waals surface area contributed by atoms with Crippen molar-refractivity contribution >= 4 is 21.8 Å². The van der Waals surface area contributed by atoms with E-state index in [0.717, 1.165) is 33.2 Å². The maximum Gasteiger partial charge on any atom is 0.145 e. The van der Waals surface area contributed by atoms with Crippen molar-refractivity contribution in [3.63, 3.8) is 0 Å². The molecule has 1 N–H and O–H groups in total. The van der Waals surface area contributed by atoms with Crippen LogP contribution in [0.15, 0.2) is 24.4 Å². The zero-order valence-electron chi connectivity index (χ0n) is 9.11. The number of rotatable bonds is 1. The van der Waals surface area contributed by atoms with E-state index in [1.165, 1.54) is 0 Å². The summed E-state index contributed by atoms with van der Waals surface area (Å²) in [6.45, 7) is 1.99. The predicted molar refractivity (Wildman–Crippen MR) is 62.7 cm³/mol. The van der Waals surface area contributed by atoms with E-state index in [9.17, 15) is 0 Å². The van der Waals surface area contributed by atoms with E-state index in [-0.39, 0.29) is 0 Å². The van der Waals surface area contributed by atoms with Gasteiger partial charge in [-0.2, -0.15) is 5.10 Å². The molecule has 0 fully saturated rings. The van der Waals surface area contributed by atoms with Crippen molar-refractivity contribution in [2.75, 3.05) is 7.11 Å². The number of pyridine rings is 1. The van der Waals surface area contributed by atoms with Gasteiger partial charge in [-0.3, -0.25) is 10.1 Å². The molecule has 0 aliphatic heterocycles. The smallest absolute Gasteiger partial charge is 0.145 e. The van der Waals surface area contributed by atoms with Crippen molar-refractivity contribution in [2.45, 2.75) is 6.92 Å². The first-order valence-electron chi connectivity index (χ1n) is 5.07. The van der Waals surface area contributed by atoms with E-state index >= 15 is 0 Å². The zero-order chi connectivity index (χ0) is 11.1. The van der Waals surface area contributed by atoms with Crippen LogP contribution in [-0.4, -0.2) is 22.3 Å². The third-order valence-corrected chi connectivity index (χ3v) is 2.79. The number of methoxy groups -OCH3 is 1. The van der Waals surface area contributed by atoms with Gasteiger partial charge in [0.1, 0.15) is 16.8 Å². The summed E-state index contributed by atoms with van der Waals surface area (Å²) < 4.78 is 5.28. The van der Waals surface area contributed by atoms with Crippen LogP contribution in [0.25, 0.3) is 21.8 Å². The molecule has 2 aromatic heterocycles. The Morgan fingerprint density at radius 3 is 2.88 bits per heavy atom. The number of H-pyrrole nitrogens is 1. The number of benzene rings is 1. The van der Waals surface area contributed by atoms with E-state index in [0.29, 0.717) is 0 Å². The van der Waals surface area contributed by atoms with Crippen molar-refractivity contribution in [3.8, 4) is 5.75 Å². The summed E-state index contributed by atoms with van der Waals surface area (Å²) in [5, 5.41) is 9.35. The minimum Gasteiger partial charge on any atom is -0.494 e. The Morgan fingerprint density at radius 1 is 1.19 bits per heavy atom. The van der Waals surface area contributed by atoms with Crippen LogP contribution in [-0.2, 0) is 0 Å². The monoisotopic (exact) mass is 213 g/mol. The van der Waals surface area contributed by atoms with Crippen molar-refractivity contribution < 1.29 is 4.74 Å². The van der Waals surface area contributed by atoms with Crippen molar-refractivity contribution in [3.05, 3.63) is 30.1 Å². The average molecular weight is 213 g/mol. The molecule has 2 heterocycles. The van der Waals surface area contributed by atoms with Crippen molar-refractivity contribution in [1.82, 2.24) is 15.2 Å². The molecule has 0 bridgehead atoms. The van der Waals surface area contributed by atoms with Crippen LogP contribution in [0.4, 0.5) is 0 Å². The molecule has 0 spiro atoms. The third-order valence-electron chi connectivity index (χ3n) is 2.79. The first-order valence-corrected chi connectivity index (χ1v) is 5.07. The first-order chi connectivity index (χ1) is 7.81. The second kappa shape index (κ2) is 3.20. The van der Waals surface area contributed by atoms with E-state index in [4.69, 9.17) is 4.74 Å². The molecule has 3 rings (SSSR count). The number of aromatic amines is 1. The maximum atomic E-state index is 5.28. The van der Waals surface area contributed by atoms with Crippen LogP contribution in [0.2, 0.25) is 0 Å². The molecule has 0 atom stereocenters. The molecule has 0 amide bonds. The average Bonchev–Trinajstić information content (AvgIpc) is 2.70. The van der Waals surface area contributed by atoms with Gasteiger partial charge in [0.15, 0.2) is 0 Å². The molecule has 16 heavy (non-hydrogen) atoms. The molecule has 3 aromatic rings. The Hall–Kier alpha value is -2.10. The fourth-order valence-corrected chi connectivity index (χ4v) is 1.94. The lowest BCUT2D eigenvalue weighted by atomic mass is 10.1. The second-order valence-electron chi connectivity index (χ2n) is 3.73. The van der Waals surface area contributed by atoms with Crippen LogP contribution >= 0.6 is 0 Å². The summed E-state index contributed by atoms with van der Waals surface area (Å²) in [5.74, 6) is 0.778. The van der Waals surface area contributed by atoms with Gasteiger partial charge in [0.05, 0.1) is 7.11 Å². The van der Waals surface area contributed by atoms with E-state index in [1.54, 1.807) is 7.11 Å². The van der Waals surface area contributed by atoms with Gasteiger partial charge in [-0.15, -0.1) is 0 Å². The minimum absolute atomic E-state index is 0.778. The summed E-state index contributed by atoms with van der Waals surface area (Å²) in [5.41, 5.74) is 2.83. The molecular formula is C12H11N3O. The standard InChI is InChI=1S/C12H11N3O/c1-7-9-6-13-12-8(11(9)15-14-7)4-3-5-10(12)16-2/h3-6H,1-2H3,(H,14,15). The van der Waals surface area contributed by atoms with E-state index in [1.807, 2.05) is 31.3 Å². The number of hydrogen-bond acceptors (Lipinski definition) is 3. The molecule has 0 saturated carbocycles. The molecule has 1 aromatic carbocycles. The number of nitrogens with zero attached hydrogens (tertiary/aromatic N) is 2. The zero-order valence-corrected chi connectivity index (χ0v) is 9.11. The van der Waals surface area contributed by atoms with Gasteiger partial charge in [-0.25, -0.2) is 0 Å². The highest BCUT2D eigenvalue weighted by molar-refractivity contribution is 6.05. The topological polar surface area (TPSA) is 50.8 Å². The number of hydrogen-bond donors (Lipinski definition) is 1. The SMILES string of the molecule is COc1cccc2c1ncc1c(C)[nH]nc12. The number of nitrogens with one attached hydrogen (secondary N) is 1. The lowest BCUT2D eigenvalue weighted by Gasteiger charge is -2.04. The minimum atomic E-state index is 0.778. The van der Waals surface area contributed by atoms with Gasteiger partial charge in [-0.1, -0.05) is 12.1 Å². The molecule has 0 unspecified atom stereocenters. The fourth-order valence-electron chi connectivity index (χ4n) is 1.94. The molecule has 80 valence electrons. The van der Waals surface area contributed by atoms with E-state index < -0.39 is 0 Å². The Morgan fingerprint density at radius 2 is 2.06 bits per heavy atom. The fraction of sp³-hybridized carbons (Fsp3) is 0.167. The van der Waals surface area contributed by atoms with Crippen molar-refractivity contribution in [1.29, 1.82) is 0 Å². The lowest BCUT2D eigenvalue weighted by molar-refractivity contribution is 0.419. The highest BCUT2D eigenvalue weighted by Gasteiger charge is 2.09. The molecule has 0 aliphatic rings. The van der Waals surface area contributed by atoms with Gasteiger partial charge in [-0.05, 0) is 13.0 Å². The van der Waals surface area contributed by atoms with Gasteiger partial charge >= 0.3 is 0 Å². The molecule has 0 saturated heterocycles. The highest BCUT2D eigenvalue weighted by atomic mass is 16.5. The molecule has 4 heteroatoms. The maximum absolute atomic E-state index is 5.28. The molecule has 0 aliphatic carbocycles. The van der Waals surface area contributed by atoms with Crippen LogP contribution in [0.5, 0.6) is 5.75 Å². The predicted octanol–water partition coefficient (Wildman–Crippen LogP) is 2.43. The van der Waals surface area contributed by atoms with Crippen LogP contribution < -0.4 is 4.74 Å². The Kier molecular flexibility index (Phi) is 1.83. The Labute approximate surface area is 92.3 Å². The Balaban J connectivity index is 2.52. The second-order valence-corrected chi connectivity index (χ2v) is 3.73. The van der Waals surface area contributed by atoms with Crippen molar-refractivity contribution in [2.24, 2.45) is 0 Å². The Bertz CT molecular complexity index is 672. The van der Waals surface area contributed by atoms with Crippen LogP contribution in [0.3, 0.4) is 0 Å². The van der Waals surface area contributed by atoms with Crippen LogP contribution in [0.1, 0.15) is 5.69 Å². The van der Waals surface area contributed by atoms with Gasteiger partial charge in [0.2, 0.25) is 0 Å². The number of ether oxygens (including phenoxy) is 1. The molecule has 0 radical (unpaired) electrons. The number of aromatic nitrogens is 3. The van der Waals surface area contributed by atoms with E-state index in [2.05, 4.69) is 15.2 Å². The summed E-state index contributed by atoms with van der Waals surface area (Å²) in [6, 6.07) is 5.86. The summed E-state index contributed by atoms with van der Waals surface area (Å²) in [7, 11) is 1.65. The number of para-hydroxylation sites is 1. The third kappa shape index (κ3) is 1.10. The highest BCUT2D eigenvalue weighted by Crippen LogP contribution is 2.29. The number of fused-ring (bicyclic) bond motifs is 3. The van der Waals surface area contributed by atoms with Gasteiger partial charge in [0, 0.05) is 22.7 Å².